The molecule has 1 aromatic carbocycles. The molecule has 7 nitrogen and oxygen atoms in total. The average Bonchev–Trinajstić information content (AvgIpc) is 2.69. The molecule has 3 aromatic rings. The van der Waals surface area contributed by atoms with Gasteiger partial charge in [-0.05, 0) is 35.7 Å². The molecule has 0 spiro atoms. The van der Waals surface area contributed by atoms with Crippen molar-refractivity contribution in [2.75, 3.05) is 14.2 Å². The minimum absolute atomic E-state index is 0.0387. The van der Waals surface area contributed by atoms with Crippen LogP contribution in [-0.4, -0.2) is 45.4 Å². The van der Waals surface area contributed by atoms with Crippen LogP contribution < -0.4 is 0 Å². The Labute approximate surface area is 165 Å². The second-order valence-electron chi connectivity index (χ2n) is 6.02. The Morgan fingerprint density at radius 2 is 1.89 bits per heavy atom. The number of benzene rings is 1. The molecule has 144 valence electrons. The molecule has 0 fully saturated rings. The average molecular weight is 401 g/mol. The minimum atomic E-state index is -0.896. The van der Waals surface area contributed by atoms with Crippen molar-refractivity contribution in [1.82, 2.24) is 14.3 Å². The van der Waals surface area contributed by atoms with Gasteiger partial charge in [-0.2, -0.15) is 0 Å². The van der Waals surface area contributed by atoms with E-state index in [0.29, 0.717) is 12.0 Å². The minimum Gasteiger partial charge on any atom is -0.504 e. The van der Waals surface area contributed by atoms with Crippen LogP contribution in [0.2, 0.25) is 0 Å². The van der Waals surface area contributed by atoms with Crippen molar-refractivity contribution in [2.45, 2.75) is 6.42 Å². The van der Waals surface area contributed by atoms with Gasteiger partial charge in [0.2, 0.25) is 0 Å². The second kappa shape index (κ2) is 7.81. The molecule has 0 aliphatic rings. The van der Waals surface area contributed by atoms with E-state index in [9.17, 15) is 19.1 Å². The molecule has 0 atom stereocenters. The summed E-state index contributed by atoms with van der Waals surface area (Å²) in [5.74, 6) is -2.30. The van der Waals surface area contributed by atoms with Gasteiger partial charge in [-0.3, -0.25) is 14.1 Å². The van der Waals surface area contributed by atoms with Crippen LogP contribution in [0.3, 0.4) is 0 Å². The number of esters is 1. The van der Waals surface area contributed by atoms with Crippen molar-refractivity contribution >= 4 is 35.6 Å². The number of amides is 1. The number of thiol groups is 1. The molecule has 0 radical (unpaired) electrons. The predicted octanol–water partition coefficient (Wildman–Crippen LogP) is 2.77. The fraction of sp³-hybridized carbons (Fsp3) is 0.158. The van der Waals surface area contributed by atoms with Gasteiger partial charge < -0.3 is 9.84 Å². The zero-order valence-electron chi connectivity index (χ0n) is 15.0. The molecule has 0 saturated carbocycles. The van der Waals surface area contributed by atoms with Gasteiger partial charge in [0.1, 0.15) is 17.0 Å². The molecule has 2 heterocycles. The molecule has 9 heteroatoms. The zero-order chi connectivity index (χ0) is 20.4. The highest BCUT2D eigenvalue weighted by Gasteiger charge is 2.25. The van der Waals surface area contributed by atoms with E-state index in [-0.39, 0.29) is 22.4 Å². The number of hydrogen-bond acceptors (Lipinski definition) is 7. The molecule has 1 N–H and O–H groups in total. The number of carbonyl (C=O) groups excluding carboxylic acids is 2. The lowest BCUT2D eigenvalue weighted by atomic mass is 10.0. The third-order valence-electron chi connectivity index (χ3n) is 4.07. The summed E-state index contributed by atoms with van der Waals surface area (Å²) in [6, 6.07) is 7.63. The van der Waals surface area contributed by atoms with E-state index in [0.717, 1.165) is 17.0 Å². The lowest BCUT2D eigenvalue weighted by Gasteiger charge is -2.14. The van der Waals surface area contributed by atoms with Crippen molar-refractivity contribution in [2.24, 2.45) is 0 Å². The number of aromatic nitrogens is 2. The number of hydrogen-bond donors (Lipinski definition) is 2. The lowest BCUT2D eigenvalue weighted by molar-refractivity contribution is 0.0590. The maximum atomic E-state index is 13.1. The van der Waals surface area contributed by atoms with E-state index in [2.05, 4.69) is 27.5 Å². The monoisotopic (exact) mass is 401 g/mol. The van der Waals surface area contributed by atoms with E-state index in [1.54, 1.807) is 18.2 Å². The van der Waals surface area contributed by atoms with Crippen LogP contribution in [0.4, 0.5) is 4.39 Å². The maximum absolute atomic E-state index is 13.1. The summed E-state index contributed by atoms with van der Waals surface area (Å²) in [5, 5.41) is 10.7. The number of aromatic hydroxyl groups is 1. The SMILES string of the molecule is COC(=O)c1nc(C(=O)N(C)S)c2cc(Cc3ccc(F)cc3)cnc2c1O. The zero-order valence-corrected chi connectivity index (χ0v) is 15.9. The van der Waals surface area contributed by atoms with Crippen molar-refractivity contribution in [3.8, 4) is 5.75 Å². The van der Waals surface area contributed by atoms with Crippen molar-refractivity contribution < 1.29 is 23.8 Å². The van der Waals surface area contributed by atoms with E-state index in [4.69, 9.17) is 0 Å². The van der Waals surface area contributed by atoms with Gasteiger partial charge in [0.15, 0.2) is 11.4 Å². The van der Waals surface area contributed by atoms with E-state index < -0.39 is 23.3 Å². The van der Waals surface area contributed by atoms with Gasteiger partial charge in [0.25, 0.3) is 5.91 Å². The lowest BCUT2D eigenvalue weighted by Crippen LogP contribution is -2.20. The number of methoxy groups -OCH3 is 1. The van der Waals surface area contributed by atoms with Crippen LogP contribution in [0, 0.1) is 5.82 Å². The number of rotatable bonds is 4. The number of nitrogens with zero attached hydrogens (tertiary/aromatic N) is 3. The third kappa shape index (κ3) is 3.74. The van der Waals surface area contributed by atoms with Crippen molar-refractivity contribution in [3.63, 3.8) is 0 Å². The fourth-order valence-electron chi connectivity index (χ4n) is 2.70. The topological polar surface area (TPSA) is 92.6 Å². The molecule has 3 rings (SSSR count). The van der Waals surface area contributed by atoms with Crippen molar-refractivity contribution in [3.05, 3.63) is 64.9 Å². The standard InChI is InChI=1S/C19H16FN3O4S/c1-23(28)18(25)15-13-8-11(7-10-3-5-12(20)6-4-10)9-21-14(13)17(24)16(22-15)19(26)27-2/h3-6,8-9,24,28H,7H2,1-2H3. The van der Waals surface area contributed by atoms with Gasteiger partial charge in [-0.1, -0.05) is 24.9 Å². The highest BCUT2D eigenvalue weighted by atomic mass is 32.1. The third-order valence-corrected chi connectivity index (χ3v) is 4.25. The molecule has 0 aliphatic heterocycles. The largest absolute Gasteiger partial charge is 0.504 e. The quantitative estimate of drug-likeness (QED) is 0.516. The molecule has 0 unspecified atom stereocenters. The van der Waals surface area contributed by atoms with Crippen LogP contribution in [0.25, 0.3) is 10.9 Å². The van der Waals surface area contributed by atoms with E-state index in [1.165, 1.54) is 25.4 Å². The number of fused-ring (bicyclic) bond motifs is 1. The van der Waals surface area contributed by atoms with Gasteiger partial charge in [0, 0.05) is 18.6 Å². The molecule has 0 saturated heterocycles. The molecule has 28 heavy (non-hydrogen) atoms. The Morgan fingerprint density at radius 3 is 2.50 bits per heavy atom. The molecule has 1 amide bonds. The summed E-state index contributed by atoms with van der Waals surface area (Å²) in [4.78, 5) is 32.6. The number of carbonyl (C=O) groups is 2. The highest BCUT2D eigenvalue weighted by molar-refractivity contribution is 7.78. The van der Waals surface area contributed by atoms with Gasteiger partial charge in [-0.15, -0.1) is 0 Å². The molecule has 0 aliphatic carbocycles. The van der Waals surface area contributed by atoms with Gasteiger partial charge >= 0.3 is 5.97 Å². The van der Waals surface area contributed by atoms with E-state index >= 15 is 0 Å². The van der Waals surface area contributed by atoms with E-state index in [1.807, 2.05) is 0 Å². The van der Waals surface area contributed by atoms with Crippen LogP contribution in [-0.2, 0) is 11.2 Å². The van der Waals surface area contributed by atoms with Crippen LogP contribution in [0.15, 0.2) is 36.5 Å². The molecule has 2 aromatic heterocycles. The Balaban J connectivity index is 2.17. The Kier molecular flexibility index (Phi) is 5.46. The first kappa shape index (κ1) is 19.6. The summed E-state index contributed by atoms with van der Waals surface area (Å²) >= 11 is 3.99. The number of ether oxygens (including phenoxy) is 1. The van der Waals surface area contributed by atoms with Crippen LogP contribution in [0.1, 0.15) is 32.1 Å². The first-order valence-corrected chi connectivity index (χ1v) is 8.53. The maximum Gasteiger partial charge on any atom is 0.360 e. The first-order chi connectivity index (χ1) is 13.3. The Morgan fingerprint density at radius 1 is 1.21 bits per heavy atom. The first-order valence-electron chi connectivity index (χ1n) is 8.13. The predicted molar refractivity (Wildman–Crippen MR) is 103 cm³/mol. The number of pyridine rings is 2. The van der Waals surface area contributed by atoms with Crippen LogP contribution >= 0.6 is 12.8 Å². The smallest absolute Gasteiger partial charge is 0.360 e. The summed E-state index contributed by atoms with van der Waals surface area (Å²) in [6.07, 6.45) is 1.93. The summed E-state index contributed by atoms with van der Waals surface area (Å²) in [5.41, 5.74) is 1.08. The summed E-state index contributed by atoms with van der Waals surface area (Å²) in [7, 11) is 2.55. The summed E-state index contributed by atoms with van der Waals surface area (Å²) < 4.78 is 18.7. The molecule has 0 bridgehead atoms. The number of halogens is 1. The van der Waals surface area contributed by atoms with Crippen molar-refractivity contribution in [1.29, 1.82) is 0 Å². The van der Waals surface area contributed by atoms with Gasteiger partial charge in [-0.25, -0.2) is 14.2 Å². The van der Waals surface area contributed by atoms with Gasteiger partial charge in [0.05, 0.1) is 7.11 Å². The molecular formula is C19H16FN3O4S. The van der Waals surface area contributed by atoms with Crippen LogP contribution in [0.5, 0.6) is 5.75 Å². The normalized spacial score (nSPS) is 10.7. The highest BCUT2D eigenvalue weighted by Crippen LogP contribution is 2.30. The Bertz CT molecular complexity index is 1070. The second-order valence-corrected chi connectivity index (χ2v) is 6.62. The fourth-order valence-corrected chi connectivity index (χ4v) is 2.80. The Hall–Kier alpha value is -3.20. The summed E-state index contributed by atoms with van der Waals surface area (Å²) in [6.45, 7) is 0. The molecular weight excluding hydrogens is 385 g/mol.